The molecule has 2 aromatic heterocycles. The molecule has 3 rings (SSSR count). The van der Waals surface area contributed by atoms with Crippen LogP contribution in [0.25, 0.3) is 11.6 Å². The van der Waals surface area contributed by atoms with E-state index < -0.39 is 0 Å². The zero-order valence-electron chi connectivity index (χ0n) is 16.9. The second-order valence-corrected chi connectivity index (χ2v) is 7.03. The summed E-state index contributed by atoms with van der Waals surface area (Å²) < 4.78 is 11.3. The SMILES string of the molecule is CCNC(=NCc1nc(-c2ccco2)n[nH]1)NCCC(OCC)C1CCCC1. The maximum absolute atomic E-state index is 6.00. The molecule has 8 heteroatoms. The summed E-state index contributed by atoms with van der Waals surface area (Å²) in [5.41, 5.74) is 0. The Morgan fingerprint density at radius 2 is 2.21 bits per heavy atom. The maximum atomic E-state index is 6.00. The molecule has 0 aliphatic heterocycles. The van der Waals surface area contributed by atoms with Gasteiger partial charge >= 0.3 is 0 Å². The van der Waals surface area contributed by atoms with Gasteiger partial charge in [-0.1, -0.05) is 12.8 Å². The standard InChI is InChI=1S/C20H32N6O2/c1-3-21-20(22-12-11-16(27-4-2)15-8-5-6-9-15)23-14-18-24-19(26-25-18)17-10-7-13-28-17/h7,10,13,15-16H,3-6,8-9,11-12,14H2,1-2H3,(H2,21,22,23)(H,24,25,26). The van der Waals surface area contributed by atoms with E-state index in [1.165, 1.54) is 25.7 Å². The highest BCUT2D eigenvalue weighted by atomic mass is 16.5. The van der Waals surface area contributed by atoms with E-state index in [9.17, 15) is 0 Å². The molecule has 3 N–H and O–H groups in total. The molecule has 1 fully saturated rings. The normalized spacial score (nSPS) is 16.4. The van der Waals surface area contributed by atoms with Crippen LogP contribution >= 0.6 is 0 Å². The van der Waals surface area contributed by atoms with E-state index in [1.807, 2.05) is 12.1 Å². The van der Waals surface area contributed by atoms with Crippen LogP contribution in [0.2, 0.25) is 0 Å². The van der Waals surface area contributed by atoms with E-state index in [1.54, 1.807) is 6.26 Å². The van der Waals surface area contributed by atoms with Crippen molar-refractivity contribution in [2.45, 2.75) is 58.6 Å². The lowest BCUT2D eigenvalue weighted by atomic mass is 9.98. The number of ether oxygens (including phenoxy) is 1. The van der Waals surface area contributed by atoms with E-state index in [4.69, 9.17) is 9.15 Å². The predicted molar refractivity (Wildman–Crippen MR) is 109 cm³/mol. The average molecular weight is 389 g/mol. The molecule has 28 heavy (non-hydrogen) atoms. The summed E-state index contributed by atoms with van der Waals surface area (Å²) in [6.45, 7) is 6.97. The van der Waals surface area contributed by atoms with Crippen LogP contribution < -0.4 is 10.6 Å². The minimum atomic E-state index is 0.341. The van der Waals surface area contributed by atoms with Gasteiger partial charge in [-0.25, -0.2) is 9.98 Å². The summed E-state index contributed by atoms with van der Waals surface area (Å²) in [6, 6.07) is 3.65. The van der Waals surface area contributed by atoms with Crippen molar-refractivity contribution in [2.75, 3.05) is 19.7 Å². The smallest absolute Gasteiger partial charge is 0.216 e. The van der Waals surface area contributed by atoms with Gasteiger partial charge in [-0.15, -0.1) is 5.10 Å². The fourth-order valence-corrected chi connectivity index (χ4v) is 3.71. The number of hydrogen-bond donors (Lipinski definition) is 3. The molecule has 1 aliphatic rings. The third-order valence-corrected chi connectivity index (χ3v) is 5.03. The van der Waals surface area contributed by atoms with Gasteiger partial charge in [0.2, 0.25) is 5.82 Å². The molecule has 1 unspecified atom stereocenters. The van der Waals surface area contributed by atoms with Crippen molar-refractivity contribution in [2.24, 2.45) is 10.9 Å². The van der Waals surface area contributed by atoms with Gasteiger partial charge in [-0.2, -0.15) is 0 Å². The van der Waals surface area contributed by atoms with Crippen LogP contribution in [0.15, 0.2) is 27.8 Å². The molecule has 0 spiro atoms. The second kappa shape index (κ2) is 10.8. The molecule has 1 aliphatic carbocycles. The Morgan fingerprint density at radius 1 is 1.36 bits per heavy atom. The zero-order valence-corrected chi connectivity index (χ0v) is 16.9. The van der Waals surface area contributed by atoms with E-state index in [2.05, 4.69) is 44.7 Å². The van der Waals surface area contributed by atoms with Crippen LogP contribution in [0.4, 0.5) is 0 Å². The first-order valence-corrected chi connectivity index (χ1v) is 10.4. The highest BCUT2D eigenvalue weighted by Gasteiger charge is 2.25. The number of aromatic amines is 1. The highest BCUT2D eigenvalue weighted by molar-refractivity contribution is 5.79. The topological polar surface area (TPSA) is 100 Å². The van der Waals surface area contributed by atoms with Gasteiger partial charge in [-0.3, -0.25) is 5.10 Å². The van der Waals surface area contributed by atoms with Gasteiger partial charge in [0.1, 0.15) is 12.4 Å². The van der Waals surface area contributed by atoms with Crippen LogP contribution in [0.5, 0.6) is 0 Å². The highest BCUT2D eigenvalue weighted by Crippen LogP contribution is 2.30. The minimum absolute atomic E-state index is 0.341. The molecule has 8 nitrogen and oxygen atoms in total. The summed E-state index contributed by atoms with van der Waals surface area (Å²) in [7, 11) is 0. The van der Waals surface area contributed by atoms with Crippen LogP contribution in [-0.2, 0) is 11.3 Å². The first kappa shape index (κ1) is 20.4. The second-order valence-electron chi connectivity index (χ2n) is 7.03. The van der Waals surface area contributed by atoms with E-state index >= 15 is 0 Å². The molecular weight excluding hydrogens is 356 g/mol. The number of nitrogens with one attached hydrogen (secondary N) is 3. The monoisotopic (exact) mass is 388 g/mol. The molecule has 2 aromatic rings. The molecule has 154 valence electrons. The van der Waals surface area contributed by atoms with Crippen molar-refractivity contribution >= 4 is 5.96 Å². The van der Waals surface area contributed by atoms with Crippen molar-refractivity contribution in [1.82, 2.24) is 25.8 Å². The van der Waals surface area contributed by atoms with Crippen molar-refractivity contribution in [3.63, 3.8) is 0 Å². The van der Waals surface area contributed by atoms with E-state index in [0.717, 1.165) is 32.1 Å². The molecule has 1 atom stereocenters. The first-order chi connectivity index (χ1) is 13.8. The number of guanidine groups is 1. The van der Waals surface area contributed by atoms with E-state index in [0.29, 0.717) is 36.0 Å². The first-order valence-electron chi connectivity index (χ1n) is 10.4. The summed E-state index contributed by atoms with van der Waals surface area (Å²) in [5.74, 6) is 3.37. The van der Waals surface area contributed by atoms with Gasteiger partial charge in [0.25, 0.3) is 0 Å². The van der Waals surface area contributed by atoms with Crippen molar-refractivity contribution < 1.29 is 9.15 Å². The molecule has 0 saturated heterocycles. The Kier molecular flexibility index (Phi) is 7.90. The predicted octanol–water partition coefficient (Wildman–Crippen LogP) is 3.11. The Labute approximate surface area is 166 Å². The number of aliphatic imine (C=N–C) groups is 1. The lowest BCUT2D eigenvalue weighted by molar-refractivity contribution is 0.0169. The van der Waals surface area contributed by atoms with Crippen LogP contribution in [0.1, 0.15) is 51.8 Å². The number of H-pyrrole nitrogens is 1. The Balaban J connectivity index is 1.50. The Morgan fingerprint density at radius 3 is 2.93 bits per heavy atom. The number of furan rings is 1. The Hall–Kier alpha value is -2.35. The molecular formula is C20H32N6O2. The quantitative estimate of drug-likeness (QED) is 0.427. The summed E-state index contributed by atoms with van der Waals surface area (Å²) in [6.07, 6.45) is 8.20. The third kappa shape index (κ3) is 5.82. The molecule has 0 radical (unpaired) electrons. The van der Waals surface area contributed by atoms with Gasteiger partial charge in [0.05, 0.1) is 12.4 Å². The average Bonchev–Trinajstić information content (AvgIpc) is 3.47. The van der Waals surface area contributed by atoms with Gasteiger partial charge < -0.3 is 19.8 Å². The van der Waals surface area contributed by atoms with Gasteiger partial charge in [0.15, 0.2) is 11.7 Å². The molecule has 0 bridgehead atoms. The number of nitrogens with zero attached hydrogens (tertiary/aromatic N) is 3. The van der Waals surface area contributed by atoms with Crippen molar-refractivity contribution in [1.29, 1.82) is 0 Å². The largest absolute Gasteiger partial charge is 0.461 e. The number of rotatable bonds is 10. The zero-order chi connectivity index (χ0) is 19.6. The van der Waals surface area contributed by atoms with Crippen molar-refractivity contribution in [3.05, 3.63) is 24.2 Å². The fraction of sp³-hybridized carbons (Fsp3) is 0.650. The Bertz CT molecular complexity index is 706. The van der Waals surface area contributed by atoms with Crippen molar-refractivity contribution in [3.8, 4) is 11.6 Å². The molecule has 1 saturated carbocycles. The van der Waals surface area contributed by atoms with Crippen LogP contribution in [0.3, 0.4) is 0 Å². The van der Waals surface area contributed by atoms with Gasteiger partial charge in [0, 0.05) is 19.7 Å². The summed E-state index contributed by atoms with van der Waals surface area (Å²) >= 11 is 0. The summed E-state index contributed by atoms with van der Waals surface area (Å²) in [5, 5.41) is 13.8. The lowest BCUT2D eigenvalue weighted by Gasteiger charge is -2.24. The molecule has 2 heterocycles. The summed E-state index contributed by atoms with van der Waals surface area (Å²) in [4.78, 5) is 9.03. The lowest BCUT2D eigenvalue weighted by Crippen LogP contribution is -2.39. The molecule has 0 amide bonds. The fourth-order valence-electron chi connectivity index (χ4n) is 3.71. The number of hydrogen-bond acceptors (Lipinski definition) is 5. The van der Waals surface area contributed by atoms with Crippen LogP contribution in [0, 0.1) is 5.92 Å². The van der Waals surface area contributed by atoms with E-state index in [-0.39, 0.29) is 0 Å². The number of aromatic nitrogens is 3. The molecule has 0 aromatic carbocycles. The maximum Gasteiger partial charge on any atom is 0.216 e. The van der Waals surface area contributed by atoms with Crippen LogP contribution in [-0.4, -0.2) is 46.9 Å². The third-order valence-electron chi connectivity index (χ3n) is 5.03. The minimum Gasteiger partial charge on any atom is -0.461 e. The van der Waals surface area contributed by atoms with Gasteiger partial charge in [-0.05, 0) is 51.2 Å².